The van der Waals surface area contributed by atoms with Gasteiger partial charge in [-0.2, -0.15) is 0 Å². The fourth-order valence-corrected chi connectivity index (χ4v) is 2.08. The quantitative estimate of drug-likeness (QED) is 0.494. The minimum atomic E-state index is -2.77. The molecular formula is C5H13N3OS. The predicted octanol–water partition coefficient (Wildman–Crippen LogP) is -0.341. The molecule has 1 atom stereocenters. The monoisotopic (exact) mass is 163 g/mol. The van der Waals surface area contributed by atoms with Gasteiger partial charge in [0, 0.05) is 0 Å². The summed E-state index contributed by atoms with van der Waals surface area (Å²) in [4.78, 5) is 0. The van der Waals surface area contributed by atoms with Gasteiger partial charge < -0.3 is 5.32 Å². The first-order valence-corrected chi connectivity index (χ1v) is 5.05. The van der Waals surface area contributed by atoms with Crippen molar-refractivity contribution in [3.05, 3.63) is 0 Å². The smallest absolute Gasteiger partial charge is 0.105 e. The summed E-state index contributed by atoms with van der Waals surface area (Å²) in [6.45, 7) is 1.69. The highest BCUT2D eigenvalue weighted by atomic mass is 32.2. The van der Waals surface area contributed by atoms with E-state index in [1.165, 1.54) is 0 Å². The molecule has 1 fully saturated rings. The molecule has 4 nitrogen and oxygen atoms in total. The second-order valence-corrected chi connectivity index (χ2v) is 4.56. The molecule has 1 rings (SSSR count). The second kappa shape index (κ2) is 2.86. The van der Waals surface area contributed by atoms with Gasteiger partial charge in [-0.25, -0.2) is 14.1 Å². The Morgan fingerprint density at radius 2 is 2.00 bits per heavy atom. The summed E-state index contributed by atoms with van der Waals surface area (Å²) >= 11 is 0. The van der Waals surface area contributed by atoms with E-state index in [-0.39, 0.29) is 5.25 Å². The van der Waals surface area contributed by atoms with Gasteiger partial charge >= 0.3 is 0 Å². The minimum Gasteiger partial charge on any atom is -0.317 e. The van der Waals surface area contributed by atoms with Crippen LogP contribution in [0.4, 0.5) is 0 Å². The van der Waals surface area contributed by atoms with E-state index in [9.17, 15) is 4.21 Å². The molecule has 5 heteroatoms. The van der Waals surface area contributed by atoms with Crippen LogP contribution in [0.15, 0.2) is 0 Å². The second-order valence-electron chi connectivity index (χ2n) is 2.60. The van der Waals surface area contributed by atoms with Crippen molar-refractivity contribution >= 4 is 9.92 Å². The maximum absolute atomic E-state index is 11.0. The maximum atomic E-state index is 11.0. The summed E-state index contributed by atoms with van der Waals surface area (Å²) in [5.41, 5.74) is 0. The van der Waals surface area contributed by atoms with Gasteiger partial charge in [-0.15, -0.1) is 0 Å². The zero-order valence-electron chi connectivity index (χ0n) is 5.80. The highest BCUT2D eigenvalue weighted by Crippen LogP contribution is 2.09. The van der Waals surface area contributed by atoms with Crippen molar-refractivity contribution in [3.63, 3.8) is 0 Å². The van der Waals surface area contributed by atoms with Gasteiger partial charge in [-0.3, -0.25) is 0 Å². The lowest BCUT2D eigenvalue weighted by atomic mass is 10.2. The average molecular weight is 163 g/mol. The summed E-state index contributed by atoms with van der Waals surface area (Å²) in [6, 6.07) is 0. The standard InChI is InChI=1S/C5H13N3OS/c6-10(7,9)5-1-3-8-4-2-5/h5,8H,1-4H2,(H3,6,7,9). The third-order valence-electron chi connectivity index (χ3n) is 1.78. The van der Waals surface area contributed by atoms with Crippen LogP contribution in [0.25, 0.3) is 0 Å². The maximum Gasteiger partial charge on any atom is 0.105 e. The fraction of sp³-hybridized carbons (Fsp3) is 1.00. The molecule has 0 aromatic rings. The average Bonchev–Trinajstić information content (AvgIpc) is 1.88. The van der Waals surface area contributed by atoms with E-state index in [1.54, 1.807) is 0 Å². The summed E-state index contributed by atoms with van der Waals surface area (Å²) in [5, 5.41) is 8.21. The van der Waals surface area contributed by atoms with Crippen molar-refractivity contribution in [1.82, 2.24) is 5.32 Å². The SMILES string of the molecule is N=S(N)(=O)C1CCNCC1. The topological polar surface area (TPSA) is 79.0 Å². The lowest BCUT2D eigenvalue weighted by molar-refractivity contribution is 0.516. The van der Waals surface area contributed by atoms with Crippen LogP contribution in [-0.2, 0) is 9.92 Å². The van der Waals surface area contributed by atoms with Crippen LogP contribution in [0.3, 0.4) is 0 Å². The third-order valence-corrected chi connectivity index (χ3v) is 3.24. The molecule has 0 bridgehead atoms. The van der Waals surface area contributed by atoms with Crippen molar-refractivity contribution in [3.8, 4) is 0 Å². The lowest BCUT2D eigenvalue weighted by Crippen LogP contribution is -2.38. The molecule has 1 aliphatic rings. The van der Waals surface area contributed by atoms with Crippen molar-refractivity contribution < 1.29 is 4.21 Å². The molecule has 1 heterocycles. The van der Waals surface area contributed by atoms with Crippen LogP contribution in [0, 0.1) is 4.78 Å². The highest BCUT2D eigenvalue weighted by molar-refractivity contribution is 7.90. The van der Waals surface area contributed by atoms with Crippen LogP contribution in [0.1, 0.15) is 12.8 Å². The number of nitrogens with two attached hydrogens (primary N) is 1. The zero-order valence-corrected chi connectivity index (χ0v) is 6.62. The molecule has 0 aromatic heterocycles. The first-order chi connectivity index (χ1) is 4.61. The van der Waals surface area contributed by atoms with Crippen molar-refractivity contribution in [1.29, 1.82) is 4.78 Å². The molecule has 1 saturated heterocycles. The molecule has 0 spiro atoms. The Morgan fingerprint density at radius 1 is 1.50 bits per heavy atom. The number of hydrogen-bond acceptors (Lipinski definition) is 3. The van der Waals surface area contributed by atoms with Crippen LogP contribution < -0.4 is 10.5 Å². The van der Waals surface area contributed by atoms with Gasteiger partial charge in [-0.1, -0.05) is 0 Å². The van der Waals surface area contributed by atoms with Gasteiger partial charge in [0.2, 0.25) is 0 Å². The van der Waals surface area contributed by atoms with Gasteiger partial charge in [0.05, 0.1) is 5.25 Å². The summed E-state index contributed by atoms with van der Waals surface area (Å²) in [6.07, 6.45) is 1.55. The molecule has 10 heavy (non-hydrogen) atoms. The van der Waals surface area contributed by atoms with Crippen LogP contribution in [0.5, 0.6) is 0 Å². The van der Waals surface area contributed by atoms with E-state index >= 15 is 0 Å². The van der Waals surface area contributed by atoms with E-state index in [0.717, 1.165) is 25.9 Å². The van der Waals surface area contributed by atoms with E-state index in [2.05, 4.69) is 5.32 Å². The Balaban J connectivity index is 2.56. The molecule has 0 radical (unpaired) electrons. The summed E-state index contributed by atoms with van der Waals surface area (Å²) < 4.78 is 18.1. The van der Waals surface area contributed by atoms with E-state index in [0.29, 0.717) is 0 Å². The molecule has 0 aromatic carbocycles. The molecule has 1 unspecified atom stereocenters. The molecule has 60 valence electrons. The first kappa shape index (κ1) is 7.97. The van der Waals surface area contributed by atoms with Crippen molar-refractivity contribution in [2.75, 3.05) is 13.1 Å². The van der Waals surface area contributed by atoms with Gasteiger partial charge in [0.25, 0.3) is 0 Å². The van der Waals surface area contributed by atoms with Gasteiger partial charge in [-0.05, 0) is 25.9 Å². The van der Waals surface area contributed by atoms with Crippen molar-refractivity contribution in [2.45, 2.75) is 18.1 Å². The van der Waals surface area contributed by atoms with Crippen molar-refractivity contribution in [2.24, 2.45) is 5.14 Å². The number of rotatable bonds is 1. The van der Waals surface area contributed by atoms with E-state index in [1.807, 2.05) is 0 Å². The minimum absolute atomic E-state index is 0.0891. The first-order valence-electron chi connectivity index (χ1n) is 3.37. The lowest BCUT2D eigenvalue weighted by Gasteiger charge is -2.21. The predicted molar refractivity (Wildman–Crippen MR) is 40.9 cm³/mol. The molecule has 1 aliphatic heterocycles. The van der Waals surface area contributed by atoms with Gasteiger partial charge in [0.15, 0.2) is 0 Å². The van der Waals surface area contributed by atoms with Crippen LogP contribution in [0.2, 0.25) is 0 Å². The Kier molecular flexibility index (Phi) is 2.28. The normalized spacial score (nSPS) is 27.7. The van der Waals surface area contributed by atoms with Gasteiger partial charge in [0.1, 0.15) is 9.92 Å². The Morgan fingerprint density at radius 3 is 2.30 bits per heavy atom. The largest absolute Gasteiger partial charge is 0.317 e. The number of hydrogen-bond donors (Lipinski definition) is 3. The third kappa shape index (κ3) is 1.93. The molecule has 0 amide bonds. The highest BCUT2D eigenvalue weighted by Gasteiger charge is 2.19. The molecule has 4 N–H and O–H groups in total. The number of piperidine rings is 1. The summed E-state index contributed by atoms with van der Waals surface area (Å²) in [5.74, 6) is 0. The Hall–Kier alpha value is -0.130. The fourth-order valence-electron chi connectivity index (χ4n) is 1.15. The molecular weight excluding hydrogens is 150 g/mol. The van der Waals surface area contributed by atoms with E-state index in [4.69, 9.17) is 9.92 Å². The Labute approximate surface area is 61.3 Å². The summed E-state index contributed by atoms with van der Waals surface area (Å²) in [7, 11) is -2.77. The van der Waals surface area contributed by atoms with Crippen LogP contribution in [-0.4, -0.2) is 22.5 Å². The van der Waals surface area contributed by atoms with E-state index < -0.39 is 9.92 Å². The Bertz CT molecular complexity index is 193. The zero-order chi connectivity index (χ0) is 7.61. The molecule has 0 saturated carbocycles. The molecule has 0 aliphatic carbocycles. The number of nitrogens with one attached hydrogen (secondary N) is 2. The van der Waals surface area contributed by atoms with Crippen LogP contribution >= 0.6 is 0 Å².